The predicted molar refractivity (Wildman–Crippen MR) is 104 cm³/mol. The van der Waals surface area contributed by atoms with Crippen LogP contribution in [0.15, 0.2) is 61.1 Å². The third-order valence-corrected chi connectivity index (χ3v) is 4.62. The summed E-state index contributed by atoms with van der Waals surface area (Å²) in [4.78, 5) is 22.3. The van der Waals surface area contributed by atoms with Crippen LogP contribution in [-0.4, -0.2) is 22.4 Å². The first kappa shape index (κ1) is 16.5. The molecule has 6 heteroatoms. The number of pyridine rings is 2. The molecule has 3 aromatic rings. The van der Waals surface area contributed by atoms with E-state index in [0.29, 0.717) is 17.3 Å². The zero-order valence-corrected chi connectivity index (χ0v) is 14.8. The van der Waals surface area contributed by atoms with E-state index in [1.165, 1.54) is 0 Å². The van der Waals surface area contributed by atoms with Crippen LogP contribution in [0.25, 0.3) is 11.1 Å². The van der Waals surface area contributed by atoms with E-state index in [2.05, 4.69) is 15.3 Å². The molecule has 1 N–H and O–H groups in total. The Morgan fingerprint density at radius 3 is 2.69 bits per heavy atom. The van der Waals surface area contributed by atoms with Crippen LogP contribution in [0.2, 0.25) is 5.02 Å². The summed E-state index contributed by atoms with van der Waals surface area (Å²) in [6.45, 7) is 0.737. The summed E-state index contributed by atoms with van der Waals surface area (Å²) in [5.41, 5.74) is 3.51. The van der Waals surface area contributed by atoms with Crippen LogP contribution in [0.1, 0.15) is 12.8 Å². The largest absolute Gasteiger partial charge is 0.339 e. The summed E-state index contributed by atoms with van der Waals surface area (Å²) in [6, 6.07) is 13.7. The van der Waals surface area contributed by atoms with Gasteiger partial charge in [0.15, 0.2) is 0 Å². The van der Waals surface area contributed by atoms with E-state index in [4.69, 9.17) is 11.6 Å². The molecule has 2 aromatic heterocycles. The van der Waals surface area contributed by atoms with Crippen LogP contribution in [0, 0.1) is 0 Å². The molecule has 1 fully saturated rings. The van der Waals surface area contributed by atoms with Crippen molar-refractivity contribution < 1.29 is 4.79 Å². The fourth-order valence-electron chi connectivity index (χ4n) is 3.06. The summed E-state index contributed by atoms with van der Waals surface area (Å²) in [7, 11) is 0. The molecular weight excluding hydrogens is 348 g/mol. The van der Waals surface area contributed by atoms with Gasteiger partial charge in [0, 0.05) is 24.7 Å². The molecule has 1 aliphatic rings. The van der Waals surface area contributed by atoms with Gasteiger partial charge in [-0.15, -0.1) is 0 Å². The molecule has 5 nitrogen and oxygen atoms in total. The average molecular weight is 365 g/mol. The molecule has 0 spiro atoms. The van der Waals surface area contributed by atoms with Crippen molar-refractivity contribution in [3.63, 3.8) is 0 Å². The second-order valence-corrected chi connectivity index (χ2v) is 6.53. The normalized spacial score (nSPS) is 13.9. The van der Waals surface area contributed by atoms with Gasteiger partial charge in [0.05, 0.1) is 28.8 Å². The Balaban J connectivity index is 1.61. The lowest BCUT2D eigenvalue weighted by atomic mass is 10.1. The highest BCUT2D eigenvalue weighted by molar-refractivity contribution is 6.33. The molecule has 26 heavy (non-hydrogen) atoms. The minimum Gasteiger partial charge on any atom is -0.339 e. The Kier molecular flexibility index (Phi) is 4.54. The number of nitrogens with one attached hydrogen (secondary N) is 1. The van der Waals surface area contributed by atoms with Gasteiger partial charge >= 0.3 is 0 Å². The third kappa shape index (κ3) is 3.39. The van der Waals surface area contributed by atoms with Crippen molar-refractivity contribution in [2.75, 3.05) is 16.8 Å². The number of carbonyl (C=O) groups excluding carboxylic acids is 1. The molecule has 1 aromatic carbocycles. The molecule has 1 amide bonds. The van der Waals surface area contributed by atoms with Crippen molar-refractivity contribution in [2.45, 2.75) is 12.8 Å². The van der Waals surface area contributed by atoms with Crippen LogP contribution in [0.5, 0.6) is 0 Å². The van der Waals surface area contributed by atoms with E-state index in [1.54, 1.807) is 23.5 Å². The average Bonchev–Trinajstić information content (AvgIpc) is 3.10. The minimum atomic E-state index is 0.139. The van der Waals surface area contributed by atoms with Crippen LogP contribution >= 0.6 is 11.6 Å². The van der Waals surface area contributed by atoms with Gasteiger partial charge in [-0.2, -0.15) is 0 Å². The van der Waals surface area contributed by atoms with Crippen molar-refractivity contribution in [3.8, 4) is 11.1 Å². The van der Waals surface area contributed by atoms with E-state index in [1.807, 2.05) is 42.5 Å². The van der Waals surface area contributed by atoms with Crippen molar-refractivity contribution in [1.82, 2.24) is 9.97 Å². The quantitative estimate of drug-likeness (QED) is 0.731. The second-order valence-electron chi connectivity index (χ2n) is 6.12. The number of carbonyl (C=O) groups is 1. The summed E-state index contributed by atoms with van der Waals surface area (Å²) in [6.07, 6.45) is 6.53. The highest BCUT2D eigenvalue weighted by Gasteiger charge is 2.22. The fraction of sp³-hybridized carbons (Fsp3) is 0.150. The van der Waals surface area contributed by atoms with Gasteiger partial charge in [-0.25, -0.2) is 4.98 Å². The summed E-state index contributed by atoms with van der Waals surface area (Å²) >= 11 is 6.31. The van der Waals surface area contributed by atoms with E-state index in [-0.39, 0.29) is 5.91 Å². The molecule has 0 saturated carbocycles. The van der Waals surface area contributed by atoms with Crippen LogP contribution < -0.4 is 10.2 Å². The molecule has 3 heterocycles. The zero-order valence-electron chi connectivity index (χ0n) is 14.0. The van der Waals surface area contributed by atoms with Gasteiger partial charge in [0.1, 0.15) is 5.82 Å². The molecule has 4 rings (SSSR count). The van der Waals surface area contributed by atoms with Crippen molar-refractivity contribution in [1.29, 1.82) is 0 Å². The van der Waals surface area contributed by atoms with E-state index in [9.17, 15) is 4.79 Å². The number of amides is 1. The number of hydrogen-bond donors (Lipinski definition) is 1. The summed E-state index contributed by atoms with van der Waals surface area (Å²) < 4.78 is 0. The lowest BCUT2D eigenvalue weighted by molar-refractivity contribution is -0.117. The first-order valence-corrected chi connectivity index (χ1v) is 8.82. The van der Waals surface area contributed by atoms with Gasteiger partial charge in [-0.3, -0.25) is 9.78 Å². The maximum atomic E-state index is 11.9. The fourth-order valence-corrected chi connectivity index (χ4v) is 3.27. The van der Waals surface area contributed by atoms with E-state index >= 15 is 0 Å². The topological polar surface area (TPSA) is 58.1 Å². The summed E-state index contributed by atoms with van der Waals surface area (Å²) in [5, 5.41) is 3.84. The highest BCUT2D eigenvalue weighted by Crippen LogP contribution is 2.30. The van der Waals surface area contributed by atoms with Gasteiger partial charge in [0.2, 0.25) is 5.91 Å². The maximum Gasteiger partial charge on any atom is 0.227 e. The second kappa shape index (κ2) is 7.14. The molecule has 0 bridgehead atoms. The molecule has 1 aliphatic heterocycles. The Morgan fingerprint density at radius 2 is 1.92 bits per heavy atom. The Hall–Kier alpha value is -2.92. The number of halogens is 1. The van der Waals surface area contributed by atoms with Gasteiger partial charge < -0.3 is 10.2 Å². The number of anilines is 3. The minimum absolute atomic E-state index is 0.139. The molecule has 0 atom stereocenters. The molecule has 0 aliphatic carbocycles. The molecule has 130 valence electrons. The predicted octanol–water partition coefficient (Wildman–Crippen LogP) is 4.67. The summed E-state index contributed by atoms with van der Waals surface area (Å²) in [5.74, 6) is 0.805. The zero-order chi connectivity index (χ0) is 17.9. The monoisotopic (exact) mass is 364 g/mol. The van der Waals surface area contributed by atoms with Crippen molar-refractivity contribution in [2.24, 2.45) is 0 Å². The third-order valence-electron chi connectivity index (χ3n) is 4.32. The van der Waals surface area contributed by atoms with Gasteiger partial charge in [-0.1, -0.05) is 41.9 Å². The highest BCUT2D eigenvalue weighted by atomic mass is 35.5. The standard InChI is InChI=1S/C20H17ClN4O/c21-18-13-23-19(10-17(18)14-5-2-1-3-6-14)24-15-9-16(12-22-11-15)25-8-4-7-20(25)26/h1-3,5-6,9-13H,4,7-8H2,(H,23,24). The lowest BCUT2D eigenvalue weighted by Crippen LogP contribution is -2.23. The Morgan fingerprint density at radius 1 is 1.08 bits per heavy atom. The van der Waals surface area contributed by atoms with Crippen molar-refractivity contribution >= 4 is 34.7 Å². The Labute approximate surface area is 156 Å². The lowest BCUT2D eigenvalue weighted by Gasteiger charge is -2.16. The number of aromatic nitrogens is 2. The Bertz CT molecular complexity index is 946. The SMILES string of the molecule is O=C1CCCN1c1cncc(Nc2cc(-c3ccccc3)c(Cl)cn2)c1. The van der Waals surface area contributed by atoms with Crippen LogP contribution in [0.3, 0.4) is 0 Å². The van der Waals surface area contributed by atoms with Gasteiger partial charge in [-0.05, 0) is 24.1 Å². The van der Waals surface area contributed by atoms with Gasteiger partial charge in [0.25, 0.3) is 0 Å². The number of nitrogens with zero attached hydrogens (tertiary/aromatic N) is 3. The van der Waals surface area contributed by atoms with E-state index < -0.39 is 0 Å². The molecule has 0 unspecified atom stereocenters. The van der Waals surface area contributed by atoms with E-state index in [0.717, 1.165) is 35.5 Å². The van der Waals surface area contributed by atoms with Crippen LogP contribution in [0.4, 0.5) is 17.2 Å². The maximum absolute atomic E-state index is 11.9. The number of benzene rings is 1. The number of hydrogen-bond acceptors (Lipinski definition) is 4. The first-order valence-electron chi connectivity index (χ1n) is 8.44. The van der Waals surface area contributed by atoms with Crippen LogP contribution in [-0.2, 0) is 4.79 Å². The molecule has 0 radical (unpaired) electrons. The smallest absolute Gasteiger partial charge is 0.227 e. The van der Waals surface area contributed by atoms with Crippen molar-refractivity contribution in [3.05, 3.63) is 66.1 Å². The number of rotatable bonds is 4. The molecular formula is C20H17ClN4O. The molecule has 1 saturated heterocycles. The first-order chi connectivity index (χ1) is 12.7.